The van der Waals surface area contributed by atoms with Gasteiger partial charge in [-0.1, -0.05) is 6.42 Å². The maximum Gasteiger partial charge on any atom is 0.213 e. The van der Waals surface area contributed by atoms with Crippen molar-refractivity contribution in [3.8, 4) is 0 Å². The van der Waals surface area contributed by atoms with Gasteiger partial charge in [0.2, 0.25) is 10.0 Å². The topological polar surface area (TPSA) is 117 Å². The normalized spacial score (nSPS) is 24.0. The molecule has 0 aromatic carbocycles. The van der Waals surface area contributed by atoms with Crippen molar-refractivity contribution in [2.24, 2.45) is 10.9 Å². The van der Waals surface area contributed by atoms with Gasteiger partial charge < -0.3 is 10.6 Å². The van der Waals surface area contributed by atoms with E-state index in [0.717, 1.165) is 12.8 Å². The van der Waals surface area contributed by atoms with Crippen molar-refractivity contribution in [3.05, 3.63) is 0 Å². The summed E-state index contributed by atoms with van der Waals surface area (Å²) in [6.45, 7) is 0.744. The average molecular weight is 494 g/mol. The molecule has 0 amide bonds. The molecule has 1 aliphatic carbocycles. The Balaban J connectivity index is 0.00000288. The minimum Gasteiger partial charge on any atom is -0.355 e. The standard InChI is InChI=1S/C13H26N4O4S2.HI/c1-14-13(17-12-5-7-22(18,19)10-12)15-6-8-23(20,21)16-9-11-3-2-4-11;/h11-12,16H,2-10H2,1H3,(H2,14,15,17);1H. The average Bonchev–Trinajstić information content (AvgIpc) is 2.74. The molecule has 0 spiro atoms. The van der Waals surface area contributed by atoms with Gasteiger partial charge in [-0.05, 0) is 25.2 Å². The molecule has 142 valence electrons. The molecule has 2 rings (SSSR count). The van der Waals surface area contributed by atoms with Crippen molar-refractivity contribution in [2.75, 3.05) is 37.4 Å². The van der Waals surface area contributed by atoms with Crippen LogP contribution in [0.25, 0.3) is 0 Å². The number of hydrogen-bond acceptors (Lipinski definition) is 5. The summed E-state index contributed by atoms with van der Waals surface area (Å²) in [5, 5.41) is 5.94. The van der Waals surface area contributed by atoms with Crippen LogP contribution in [0.1, 0.15) is 25.7 Å². The quantitative estimate of drug-likeness (QED) is 0.254. The van der Waals surface area contributed by atoms with Gasteiger partial charge in [-0.15, -0.1) is 24.0 Å². The largest absolute Gasteiger partial charge is 0.355 e. The smallest absolute Gasteiger partial charge is 0.213 e. The highest BCUT2D eigenvalue weighted by atomic mass is 127. The monoisotopic (exact) mass is 494 g/mol. The summed E-state index contributed by atoms with van der Waals surface area (Å²) in [7, 11) is -4.68. The summed E-state index contributed by atoms with van der Waals surface area (Å²) in [6, 6.07) is -0.167. The SMILES string of the molecule is CN=C(NCCS(=O)(=O)NCC1CCC1)NC1CCS(=O)(=O)C1.I. The molecule has 0 bridgehead atoms. The van der Waals surface area contributed by atoms with E-state index in [2.05, 4.69) is 20.3 Å². The van der Waals surface area contributed by atoms with Gasteiger partial charge in [0.05, 0.1) is 17.3 Å². The van der Waals surface area contributed by atoms with Crippen molar-refractivity contribution in [1.82, 2.24) is 15.4 Å². The summed E-state index contributed by atoms with van der Waals surface area (Å²) in [4.78, 5) is 4.00. The van der Waals surface area contributed by atoms with Crippen molar-refractivity contribution in [1.29, 1.82) is 0 Å². The summed E-state index contributed by atoms with van der Waals surface area (Å²) in [5.41, 5.74) is 0. The van der Waals surface area contributed by atoms with E-state index < -0.39 is 19.9 Å². The van der Waals surface area contributed by atoms with E-state index in [-0.39, 0.29) is 53.8 Å². The van der Waals surface area contributed by atoms with Gasteiger partial charge in [0.25, 0.3) is 0 Å². The molecule has 1 aliphatic heterocycles. The maximum absolute atomic E-state index is 11.9. The zero-order chi connectivity index (χ0) is 16.9. The Morgan fingerprint density at radius 1 is 1.25 bits per heavy atom. The van der Waals surface area contributed by atoms with Crippen LogP contribution in [0.2, 0.25) is 0 Å². The molecule has 1 saturated carbocycles. The Morgan fingerprint density at radius 2 is 1.96 bits per heavy atom. The number of guanidine groups is 1. The molecule has 0 aromatic rings. The van der Waals surface area contributed by atoms with Gasteiger partial charge in [0.1, 0.15) is 0 Å². The van der Waals surface area contributed by atoms with Crippen LogP contribution in [-0.2, 0) is 19.9 Å². The van der Waals surface area contributed by atoms with Gasteiger partial charge in [0, 0.05) is 26.2 Å². The van der Waals surface area contributed by atoms with E-state index in [9.17, 15) is 16.8 Å². The van der Waals surface area contributed by atoms with Crippen molar-refractivity contribution in [3.63, 3.8) is 0 Å². The first-order valence-electron chi connectivity index (χ1n) is 7.94. The maximum atomic E-state index is 11.9. The molecular formula is C13H27IN4O4S2. The Morgan fingerprint density at radius 3 is 2.46 bits per heavy atom. The minimum atomic E-state index is -3.29. The molecule has 1 heterocycles. The first-order chi connectivity index (χ1) is 10.8. The number of hydrogen-bond donors (Lipinski definition) is 3. The van der Waals surface area contributed by atoms with Crippen LogP contribution in [0, 0.1) is 5.92 Å². The molecule has 11 heteroatoms. The molecule has 24 heavy (non-hydrogen) atoms. The number of sulfonamides is 1. The minimum absolute atomic E-state index is 0. The summed E-state index contributed by atoms with van der Waals surface area (Å²) >= 11 is 0. The second kappa shape index (κ2) is 9.53. The lowest BCUT2D eigenvalue weighted by Gasteiger charge is -2.25. The third kappa shape index (κ3) is 7.40. The number of nitrogens with one attached hydrogen (secondary N) is 3. The molecule has 3 N–H and O–H groups in total. The fraction of sp³-hybridized carbons (Fsp3) is 0.923. The second-order valence-corrected chi connectivity index (χ2v) is 10.4. The van der Waals surface area contributed by atoms with Crippen molar-refractivity contribution < 1.29 is 16.8 Å². The van der Waals surface area contributed by atoms with Gasteiger partial charge >= 0.3 is 0 Å². The highest BCUT2D eigenvalue weighted by molar-refractivity contribution is 14.0. The van der Waals surface area contributed by atoms with Crippen molar-refractivity contribution in [2.45, 2.75) is 31.7 Å². The van der Waals surface area contributed by atoms with Crippen LogP contribution < -0.4 is 15.4 Å². The Hall–Kier alpha value is -0.140. The summed E-state index contributed by atoms with van der Waals surface area (Å²) in [6.07, 6.45) is 3.93. The molecule has 2 aliphatic rings. The zero-order valence-electron chi connectivity index (χ0n) is 13.8. The molecule has 1 atom stereocenters. The lowest BCUT2D eigenvalue weighted by Crippen LogP contribution is -2.46. The first kappa shape index (κ1) is 21.9. The van der Waals surface area contributed by atoms with E-state index >= 15 is 0 Å². The third-order valence-corrected chi connectivity index (χ3v) is 7.39. The van der Waals surface area contributed by atoms with Crippen LogP contribution >= 0.6 is 24.0 Å². The Bertz CT molecular complexity index is 632. The van der Waals surface area contributed by atoms with Gasteiger partial charge in [0.15, 0.2) is 15.8 Å². The summed E-state index contributed by atoms with van der Waals surface area (Å²) < 4.78 is 49.2. The molecule has 2 fully saturated rings. The molecule has 0 aromatic heterocycles. The van der Waals surface area contributed by atoms with E-state index in [1.807, 2.05) is 0 Å². The molecule has 1 saturated heterocycles. The predicted molar refractivity (Wildman–Crippen MR) is 106 cm³/mol. The van der Waals surface area contributed by atoms with Gasteiger partial charge in [-0.3, -0.25) is 4.99 Å². The van der Waals surface area contributed by atoms with Crippen LogP contribution in [0.4, 0.5) is 0 Å². The van der Waals surface area contributed by atoms with Gasteiger partial charge in [-0.2, -0.15) is 0 Å². The molecule has 8 nitrogen and oxygen atoms in total. The summed E-state index contributed by atoms with van der Waals surface area (Å²) in [5.74, 6) is 1.15. The van der Waals surface area contributed by atoms with E-state index in [1.165, 1.54) is 6.42 Å². The highest BCUT2D eigenvalue weighted by Crippen LogP contribution is 2.25. The second-order valence-electron chi connectivity index (χ2n) is 6.21. The van der Waals surface area contributed by atoms with Crippen LogP contribution in [0.15, 0.2) is 4.99 Å². The molecular weight excluding hydrogens is 467 g/mol. The van der Waals surface area contributed by atoms with Gasteiger partial charge in [-0.25, -0.2) is 21.6 Å². The fourth-order valence-electron chi connectivity index (χ4n) is 2.61. The third-order valence-electron chi connectivity index (χ3n) is 4.28. The lowest BCUT2D eigenvalue weighted by atomic mass is 9.86. The number of sulfone groups is 1. The van der Waals surface area contributed by atoms with Crippen LogP contribution in [-0.4, -0.2) is 66.2 Å². The van der Waals surface area contributed by atoms with Crippen LogP contribution in [0.3, 0.4) is 0 Å². The van der Waals surface area contributed by atoms with E-state index in [0.29, 0.717) is 24.8 Å². The predicted octanol–water partition coefficient (Wildman–Crippen LogP) is -0.324. The Kier molecular flexibility index (Phi) is 8.70. The zero-order valence-corrected chi connectivity index (χ0v) is 17.8. The molecule has 1 unspecified atom stereocenters. The highest BCUT2D eigenvalue weighted by Gasteiger charge is 2.28. The number of nitrogens with zero attached hydrogens (tertiary/aromatic N) is 1. The fourth-order valence-corrected chi connectivity index (χ4v) is 5.29. The molecule has 0 radical (unpaired) electrons. The first-order valence-corrected chi connectivity index (χ1v) is 11.4. The van der Waals surface area contributed by atoms with Crippen molar-refractivity contribution >= 4 is 49.8 Å². The number of aliphatic imine (C=N–C) groups is 1. The Labute approximate surface area is 161 Å². The van der Waals surface area contributed by atoms with E-state index in [1.54, 1.807) is 7.05 Å². The number of rotatable bonds is 7. The number of halogens is 1. The lowest BCUT2D eigenvalue weighted by molar-refractivity contribution is 0.316. The van der Waals surface area contributed by atoms with E-state index in [4.69, 9.17) is 0 Å². The van der Waals surface area contributed by atoms with Crippen LogP contribution in [0.5, 0.6) is 0 Å².